The normalized spacial score (nSPS) is 22.5. The van der Waals surface area contributed by atoms with E-state index < -0.39 is 30.0 Å². The first-order valence-corrected chi connectivity index (χ1v) is 8.88. The van der Waals surface area contributed by atoms with Gasteiger partial charge in [-0.2, -0.15) is 18.3 Å². The quantitative estimate of drug-likeness (QED) is 0.790. The van der Waals surface area contributed by atoms with Crippen molar-refractivity contribution in [1.82, 2.24) is 14.7 Å². The Morgan fingerprint density at radius 1 is 1.18 bits per heavy atom. The molecule has 2 aliphatic rings. The van der Waals surface area contributed by atoms with Crippen molar-refractivity contribution >= 4 is 11.7 Å². The Hall–Kier alpha value is -2.62. The lowest BCUT2D eigenvalue weighted by Crippen LogP contribution is -2.41. The number of anilines is 1. The second kappa shape index (κ2) is 7.08. The standard InChI is InChI=1S/C18H18F4N4O2/c19-12-3-1-11(2-4-12)13-9-15(18(20,21)22)26-16(23-13)10-14(24-26)17(27)25-5-7-28-8-6-25/h1-4,10,13,15,23H,5-9H2/t13-,15+/m0/s1. The van der Waals surface area contributed by atoms with Gasteiger partial charge in [-0.1, -0.05) is 12.1 Å². The van der Waals surface area contributed by atoms with Crippen LogP contribution in [-0.4, -0.2) is 53.1 Å². The lowest BCUT2D eigenvalue weighted by atomic mass is 9.97. The molecule has 0 spiro atoms. The number of nitrogens with zero attached hydrogens (tertiary/aromatic N) is 3. The molecule has 28 heavy (non-hydrogen) atoms. The maximum atomic E-state index is 13.7. The fraction of sp³-hybridized carbons (Fsp3) is 0.444. The predicted molar refractivity (Wildman–Crippen MR) is 91.4 cm³/mol. The van der Waals surface area contributed by atoms with Crippen LogP contribution in [0.25, 0.3) is 0 Å². The molecule has 0 saturated carbocycles. The third-order valence-electron chi connectivity index (χ3n) is 4.98. The highest BCUT2D eigenvalue weighted by atomic mass is 19.4. The summed E-state index contributed by atoms with van der Waals surface area (Å²) >= 11 is 0. The summed E-state index contributed by atoms with van der Waals surface area (Å²) in [6, 6.07) is 4.09. The molecule has 6 nitrogen and oxygen atoms in total. The van der Waals surface area contributed by atoms with Crippen LogP contribution < -0.4 is 5.32 Å². The molecule has 1 aromatic heterocycles. The molecule has 1 aromatic carbocycles. The van der Waals surface area contributed by atoms with Gasteiger partial charge in [0.25, 0.3) is 5.91 Å². The van der Waals surface area contributed by atoms with Crippen molar-refractivity contribution in [3.63, 3.8) is 0 Å². The number of amides is 1. The zero-order chi connectivity index (χ0) is 19.9. The number of carbonyl (C=O) groups excluding carboxylic acids is 1. The Morgan fingerprint density at radius 2 is 1.86 bits per heavy atom. The smallest absolute Gasteiger partial charge is 0.378 e. The van der Waals surface area contributed by atoms with Gasteiger partial charge in [0, 0.05) is 25.6 Å². The SMILES string of the molecule is O=C(c1cc2n(n1)[C@@H](C(F)(F)F)C[C@@H](c1ccc(F)cc1)N2)N1CCOCC1. The molecule has 2 aliphatic heterocycles. The van der Waals surface area contributed by atoms with E-state index in [2.05, 4.69) is 10.4 Å². The number of hydrogen-bond donors (Lipinski definition) is 1. The molecule has 1 fully saturated rings. The third kappa shape index (κ3) is 3.56. The van der Waals surface area contributed by atoms with Crippen LogP contribution in [0, 0.1) is 5.82 Å². The van der Waals surface area contributed by atoms with Crippen molar-refractivity contribution in [2.24, 2.45) is 0 Å². The predicted octanol–water partition coefficient (Wildman–Crippen LogP) is 3.15. The summed E-state index contributed by atoms with van der Waals surface area (Å²) in [4.78, 5) is 14.1. The van der Waals surface area contributed by atoms with E-state index in [1.54, 1.807) is 0 Å². The third-order valence-corrected chi connectivity index (χ3v) is 4.98. The number of ether oxygens (including phenoxy) is 1. The van der Waals surface area contributed by atoms with Gasteiger partial charge in [-0.05, 0) is 17.7 Å². The summed E-state index contributed by atoms with van der Waals surface area (Å²) in [5.74, 6) is -0.777. The second-order valence-corrected chi connectivity index (χ2v) is 6.81. The maximum absolute atomic E-state index is 13.7. The number of benzene rings is 1. The summed E-state index contributed by atoms with van der Waals surface area (Å²) < 4.78 is 60.2. The number of nitrogens with one attached hydrogen (secondary N) is 1. The van der Waals surface area contributed by atoms with Crippen LogP contribution in [0.5, 0.6) is 0 Å². The highest BCUT2D eigenvalue weighted by Gasteiger charge is 2.47. The summed E-state index contributed by atoms with van der Waals surface area (Å²) in [7, 11) is 0. The molecular formula is C18H18F4N4O2. The molecule has 2 atom stereocenters. The van der Waals surface area contributed by atoms with Crippen LogP contribution in [-0.2, 0) is 4.74 Å². The Bertz CT molecular complexity index is 859. The Balaban J connectivity index is 1.65. The van der Waals surface area contributed by atoms with Crippen molar-refractivity contribution < 1.29 is 27.1 Å². The number of hydrogen-bond acceptors (Lipinski definition) is 4. The first kappa shape index (κ1) is 18.7. The molecule has 0 radical (unpaired) electrons. The van der Waals surface area contributed by atoms with Crippen LogP contribution >= 0.6 is 0 Å². The Labute approximate surface area is 158 Å². The molecule has 1 amide bonds. The van der Waals surface area contributed by atoms with Gasteiger partial charge in [-0.25, -0.2) is 9.07 Å². The van der Waals surface area contributed by atoms with Gasteiger partial charge in [0.15, 0.2) is 11.7 Å². The van der Waals surface area contributed by atoms with E-state index in [1.165, 1.54) is 35.2 Å². The first-order valence-electron chi connectivity index (χ1n) is 8.88. The van der Waals surface area contributed by atoms with Gasteiger partial charge in [-0.15, -0.1) is 0 Å². The van der Waals surface area contributed by atoms with Crippen molar-refractivity contribution in [1.29, 1.82) is 0 Å². The van der Waals surface area contributed by atoms with Crippen molar-refractivity contribution in [3.05, 3.63) is 47.4 Å². The molecule has 1 N–H and O–H groups in total. The number of carbonyl (C=O) groups is 1. The summed E-state index contributed by atoms with van der Waals surface area (Å²) in [5.41, 5.74) is 0.488. The minimum Gasteiger partial charge on any atom is -0.378 e. The van der Waals surface area contributed by atoms with Crippen LogP contribution in [0.3, 0.4) is 0 Å². The van der Waals surface area contributed by atoms with Crippen LogP contribution in [0.1, 0.15) is 34.6 Å². The molecule has 1 saturated heterocycles. The van der Waals surface area contributed by atoms with Crippen molar-refractivity contribution in [2.45, 2.75) is 24.7 Å². The average molecular weight is 398 g/mol. The zero-order valence-electron chi connectivity index (χ0n) is 14.7. The summed E-state index contributed by atoms with van der Waals surface area (Å²) in [5, 5.41) is 6.95. The molecule has 3 heterocycles. The van der Waals surface area contributed by atoms with Gasteiger partial charge in [0.2, 0.25) is 0 Å². The minimum atomic E-state index is -4.54. The molecule has 2 aromatic rings. The molecular weight excluding hydrogens is 380 g/mol. The van der Waals surface area contributed by atoms with Crippen LogP contribution in [0.15, 0.2) is 30.3 Å². The molecule has 4 rings (SSSR count). The van der Waals surface area contributed by atoms with E-state index in [-0.39, 0.29) is 17.9 Å². The fourth-order valence-corrected chi connectivity index (χ4v) is 3.52. The number of alkyl halides is 3. The van der Waals surface area contributed by atoms with Gasteiger partial charge >= 0.3 is 6.18 Å². The number of morpholine rings is 1. The van der Waals surface area contributed by atoms with Gasteiger partial charge in [0.1, 0.15) is 11.6 Å². The lowest BCUT2D eigenvalue weighted by Gasteiger charge is -2.33. The van der Waals surface area contributed by atoms with Crippen molar-refractivity contribution in [2.75, 3.05) is 31.6 Å². The van der Waals surface area contributed by atoms with Crippen LogP contribution in [0.2, 0.25) is 0 Å². The van der Waals surface area contributed by atoms with E-state index >= 15 is 0 Å². The molecule has 150 valence electrons. The lowest BCUT2D eigenvalue weighted by molar-refractivity contribution is -0.173. The fourth-order valence-electron chi connectivity index (χ4n) is 3.52. The number of rotatable bonds is 2. The number of halogens is 4. The van der Waals surface area contributed by atoms with Gasteiger partial charge < -0.3 is 15.0 Å². The van der Waals surface area contributed by atoms with Gasteiger partial charge in [-0.3, -0.25) is 4.79 Å². The van der Waals surface area contributed by atoms with E-state index in [1.807, 2.05) is 0 Å². The topological polar surface area (TPSA) is 59.4 Å². The summed E-state index contributed by atoms with van der Waals surface area (Å²) in [6.45, 7) is 1.51. The van der Waals surface area contributed by atoms with Crippen molar-refractivity contribution in [3.8, 4) is 0 Å². The molecule has 0 aliphatic carbocycles. The first-order chi connectivity index (χ1) is 13.3. The van der Waals surface area contributed by atoms with E-state index in [9.17, 15) is 22.4 Å². The summed E-state index contributed by atoms with van der Waals surface area (Å²) in [6.07, 6.45) is -4.85. The monoisotopic (exact) mass is 398 g/mol. The van der Waals surface area contributed by atoms with E-state index in [0.29, 0.717) is 31.9 Å². The molecule has 10 heteroatoms. The van der Waals surface area contributed by atoms with Gasteiger partial charge in [0.05, 0.1) is 19.3 Å². The minimum absolute atomic E-state index is 0.0431. The van der Waals surface area contributed by atoms with E-state index in [0.717, 1.165) is 4.68 Å². The maximum Gasteiger partial charge on any atom is 0.410 e. The molecule has 0 bridgehead atoms. The number of aromatic nitrogens is 2. The largest absolute Gasteiger partial charge is 0.410 e. The Kier molecular flexibility index (Phi) is 4.74. The number of fused-ring (bicyclic) bond motifs is 1. The highest BCUT2D eigenvalue weighted by molar-refractivity contribution is 5.93. The second-order valence-electron chi connectivity index (χ2n) is 6.81. The zero-order valence-corrected chi connectivity index (χ0v) is 14.7. The van der Waals surface area contributed by atoms with Crippen LogP contribution in [0.4, 0.5) is 23.4 Å². The average Bonchev–Trinajstić information content (AvgIpc) is 3.11. The molecule has 0 unspecified atom stereocenters. The van der Waals surface area contributed by atoms with E-state index in [4.69, 9.17) is 4.74 Å². The Morgan fingerprint density at radius 3 is 2.50 bits per heavy atom. The highest BCUT2D eigenvalue weighted by Crippen LogP contribution is 2.43.